The van der Waals surface area contributed by atoms with Crippen molar-refractivity contribution in [1.82, 2.24) is 20.3 Å². The van der Waals surface area contributed by atoms with Crippen LogP contribution in [0.1, 0.15) is 17.2 Å². The Kier molecular flexibility index (Phi) is 8.01. The summed E-state index contributed by atoms with van der Waals surface area (Å²) in [4.78, 5) is 29.7. The average Bonchev–Trinajstić information content (AvgIpc) is 3.41. The number of nitrogens with one attached hydrogen (secondary N) is 1. The second-order valence-corrected chi connectivity index (χ2v) is 9.05. The molecule has 0 fully saturated rings. The molecule has 9 nitrogen and oxygen atoms in total. The highest BCUT2D eigenvalue weighted by Gasteiger charge is 2.35. The van der Waals surface area contributed by atoms with E-state index in [0.29, 0.717) is 34.8 Å². The second kappa shape index (κ2) is 12.1. The third kappa shape index (κ3) is 5.63. The SMILES string of the molecule is COc1ccc([C@@H](C(=O)NCc2ccccc2)N(C(=O)Cn2nnc3ccccc32)c2ccccc2)c(OC)c1. The third-order valence-corrected chi connectivity index (χ3v) is 6.56. The number of anilines is 1. The van der Waals surface area contributed by atoms with Gasteiger partial charge in [-0.25, -0.2) is 4.68 Å². The van der Waals surface area contributed by atoms with Gasteiger partial charge < -0.3 is 14.8 Å². The summed E-state index contributed by atoms with van der Waals surface area (Å²) < 4.78 is 12.6. The molecule has 1 N–H and O–H groups in total. The van der Waals surface area contributed by atoms with Gasteiger partial charge in [0.2, 0.25) is 11.8 Å². The van der Waals surface area contributed by atoms with Gasteiger partial charge in [0.25, 0.3) is 0 Å². The van der Waals surface area contributed by atoms with Crippen molar-refractivity contribution in [3.8, 4) is 11.5 Å². The largest absolute Gasteiger partial charge is 0.497 e. The van der Waals surface area contributed by atoms with E-state index in [-0.39, 0.29) is 18.4 Å². The van der Waals surface area contributed by atoms with Crippen LogP contribution in [0.15, 0.2) is 103 Å². The lowest BCUT2D eigenvalue weighted by Gasteiger charge is -2.32. The highest BCUT2D eigenvalue weighted by molar-refractivity contribution is 6.02. The predicted octanol–water partition coefficient (Wildman–Crippen LogP) is 4.54. The molecular formula is C31H29N5O4. The highest BCUT2D eigenvalue weighted by Crippen LogP contribution is 2.36. The van der Waals surface area contributed by atoms with Crippen LogP contribution in [0.25, 0.3) is 11.0 Å². The zero-order valence-electron chi connectivity index (χ0n) is 22.2. The predicted molar refractivity (Wildman–Crippen MR) is 152 cm³/mol. The summed E-state index contributed by atoms with van der Waals surface area (Å²) in [5.41, 5.74) is 3.39. The fourth-order valence-corrected chi connectivity index (χ4v) is 4.59. The molecule has 0 aliphatic carbocycles. The Balaban J connectivity index is 1.59. The number of hydrogen-bond acceptors (Lipinski definition) is 6. The van der Waals surface area contributed by atoms with Gasteiger partial charge in [-0.3, -0.25) is 14.5 Å². The Labute approximate surface area is 231 Å². The molecule has 202 valence electrons. The molecule has 0 unspecified atom stereocenters. The van der Waals surface area contributed by atoms with E-state index in [2.05, 4.69) is 15.6 Å². The number of para-hydroxylation sites is 2. The topological polar surface area (TPSA) is 98.6 Å². The van der Waals surface area contributed by atoms with Crippen LogP contribution >= 0.6 is 0 Å². The summed E-state index contributed by atoms with van der Waals surface area (Å²) in [6.45, 7) is 0.162. The second-order valence-electron chi connectivity index (χ2n) is 9.05. The van der Waals surface area contributed by atoms with Crippen LogP contribution in [0.5, 0.6) is 11.5 Å². The molecule has 0 spiro atoms. The summed E-state index contributed by atoms with van der Waals surface area (Å²) >= 11 is 0. The lowest BCUT2D eigenvalue weighted by atomic mass is 10.0. The summed E-state index contributed by atoms with van der Waals surface area (Å²) in [6.07, 6.45) is 0. The molecule has 1 heterocycles. The molecule has 0 saturated carbocycles. The van der Waals surface area contributed by atoms with Crippen LogP contribution in [0.3, 0.4) is 0 Å². The number of ether oxygens (including phenoxy) is 2. The summed E-state index contributed by atoms with van der Waals surface area (Å²) in [6, 6.07) is 30.2. The first-order chi connectivity index (χ1) is 19.6. The smallest absolute Gasteiger partial charge is 0.249 e. The van der Waals surface area contributed by atoms with Crippen LogP contribution in [0, 0.1) is 0 Å². The maximum Gasteiger partial charge on any atom is 0.249 e. The Bertz CT molecular complexity index is 1600. The van der Waals surface area contributed by atoms with E-state index in [9.17, 15) is 9.59 Å². The van der Waals surface area contributed by atoms with Gasteiger partial charge in [-0.15, -0.1) is 5.10 Å². The Morgan fingerprint density at radius 3 is 2.30 bits per heavy atom. The third-order valence-electron chi connectivity index (χ3n) is 6.56. The maximum atomic E-state index is 14.2. The van der Waals surface area contributed by atoms with Gasteiger partial charge in [-0.05, 0) is 42.0 Å². The van der Waals surface area contributed by atoms with Gasteiger partial charge in [0, 0.05) is 23.9 Å². The highest BCUT2D eigenvalue weighted by atomic mass is 16.5. The lowest BCUT2D eigenvalue weighted by Crippen LogP contribution is -2.45. The number of benzene rings is 4. The Morgan fingerprint density at radius 2 is 1.57 bits per heavy atom. The van der Waals surface area contributed by atoms with Crippen molar-refractivity contribution in [3.05, 3.63) is 114 Å². The molecule has 4 aromatic carbocycles. The molecular weight excluding hydrogens is 506 g/mol. The van der Waals surface area contributed by atoms with E-state index in [1.165, 1.54) is 16.7 Å². The van der Waals surface area contributed by atoms with E-state index < -0.39 is 6.04 Å². The van der Waals surface area contributed by atoms with E-state index in [4.69, 9.17) is 9.47 Å². The average molecular weight is 536 g/mol. The summed E-state index contributed by atoms with van der Waals surface area (Å²) in [5.74, 6) is 0.266. The number of aromatic nitrogens is 3. The van der Waals surface area contributed by atoms with E-state index >= 15 is 0 Å². The fourth-order valence-electron chi connectivity index (χ4n) is 4.59. The van der Waals surface area contributed by atoms with Crippen molar-refractivity contribution < 1.29 is 19.1 Å². The number of amides is 2. The van der Waals surface area contributed by atoms with E-state index in [1.807, 2.05) is 72.8 Å². The minimum atomic E-state index is -1.06. The molecule has 0 radical (unpaired) electrons. The van der Waals surface area contributed by atoms with Gasteiger partial charge in [0.05, 0.1) is 19.7 Å². The van der Waals surface area contributed by atoms with Gasteiger partial charge >= 0.3 is 0 Å². The molecule has 5 aromatic rings. The molecule has 0 saturated heterocycles. The van der Waals surface area contributed by atoms with Crippen molar-refractivity contribution in [2.75, 3.05) is 19.1 Å². The van der Waals surface area contributed by atoms with Crippen LogP contribution in [0.4, 0.5) is 5.69 Å². The van der Waals surface area contributed by atoms with Crippen molar-refractivity contribution in [3.63, 3.8) is 0 Å². The number of methoxy groups -OCH3 is 2. The van der Waals surface area contributed by atoms with Crippen LogP contribution in [-0.2, 0) is 22.7 Å². The minimum absolute atomic E-state index is 0.129. The zero-order valence-corrected chi connectivity index (χ0v) is 22.2. The van der Waals surface area contributed by atoms with Gasteiger partial charge in [-0.1, -0.05) is 65.9 Å². The number of hydrogen-bond donors (Lipinski definition) is 1. The van der Waals surface area contributed by atoms with Crippen LogP contribution in [0.2, 0.25) is 0 Å². The Hall–Kier alpha value is -5.18. The standard InChI is InChI=1S/C31H29N5O4/c1-39-24-17-18-25(28(19-24)40-2)30(31(38)32-20-22-11-5-3-6-12-22)36(23-13-7-4-8-14-23)29(37)21-35-27-16-10-9-15-26(27)33-34-35/h3-19,30H,20-21H2,1-2H3,(H,32,38)/t30-/m0/s1. The molecule has 1 atom stereocenters. The Morgan fingerprint density at radius 1 is 0.875 bits per heavy atom. The van der Waals surface area contributed by atoms with Gasteiger partial charge in [0.1, 0.15) is 29.6 Å². The molecule has 0 bridgehead atoms. The lowest BCUT2D eigenvalue weighted by molar-refractivity contribution is -0.127. The number of rotatable bonds is 10. The number of fused-ring (bicyclic) bond motifs is 1. The first-order valence-corrected chi connectivity index (χ1v) is 12.8. The van der Waals surface area contributed by atoms with Crippen LogP contribution < -0.4 is 19.7 Å². The number of carbonyl (C=O) groups is 2. The monoisotopic (exact) mass is 535 g/mol. The van der Waals surface area contributed by atoms with E-state index in [1.54, 1.807) is 37.4 Å². The van der Waals surface area contributed by atoms with Crippen molar-refractivity contribution in [1.29, 1.82) is 0 Å². The van der Waals surface area contributed by atoms with Crippen molar-refractivity contribution in [2.45, 2.75) is 19.1 Å². The van der Waals surface area contributed by atoms with Crippen molar-refractivity contribution >= 4 is 28.5 Å². The summed E-state index contributed by atoms with van der Waals surface area (Å²) in [7, 11) is 3.08. The zero-order chi connectivity index (χ0) is 27.9. The molecule has 2 amide bonds. The van der Waals surface area contributed by atoms with Crippen molar-refractivity contribution in [2.24, 2.45) is 0 Å². The van der Waals surface area contributed by atoms with E-state index in [0.717, 1.165) is 11.1 Å². The molecule has 40 heavy (non-hydrogen) atoms. The van der Waals surface area contributed by atoms with Gasteiger partial charge in [0.15, 0.2) is 0 Å². The number of nitrogens with zero attached hydrogens (tertiary/aromatic N) is 4. The molecule has 9 heteroatoms. The number of carbonyl (C=O) groups excluding carboxylic acids is 2. The molecule has 1 aromatic heterocycles. The first kappa shape index (κ1) is 26.4. The molecule has 5 rings (SSSR count). The minimum Gasteiger partial charge on any atom is -0.497 e. The van der Waals surface area contributed by atoms with Crippen LogP contribution in [-0.4, -0.2) is 41.0 Å². The quantitative estimate of drug-likeness (QED) is 0.282. The fraction of sp³-hybridized carbons (Fsp3) is 0.161. The summed E-state index contributed by atoms with van der Waals surface area (Å²) in [5, 5.41) is 11.4. The van der Waals surface area contributed by atoms with Gasteiger partial charge in [-0.2, -0.15) is 0 Å². The molecule has 0 aliphatic rings. The maximum absolute atomic E-state index is 14.2. The first-order valence-electron chi connectivity index (χ1n) is 12.8. The normalized spacial score (nSPS) is 11.6. The molecule has 0 aliphatic heterocycles.